The molecule has 6 nitrogen and oxygen atoms in total. The third kappa shape index (κ3) is 4.04. The second kappa shape index (κ2) is 7.92. The van der Waals surface area contributed by atoms with Crippen molar-refractivity contribution in [1.82, 2.24) is 15.3 Å². The molecule has 1 aromatic heterocycles. The third-order valence-corrected chi connectivity index (χ3v) is 4.17. The van der Waals surface area contributed by atoms with E-state index < -0.39 is 0 Å². The normalized spacial score (nSPS) is 14.5. The molecule has 7 heteroatoms. The largest absolute Gasteiger partial charge is 0.366 e. The zero-order chi connectivity index (χ0) is 17.6. The molecule has 1 fully saturated rings. The lowest BCUT2D eigenvalue weighted by Gasteiger charge is -2.36. The maximum absolute atomic E-state index is 13.9. The van der Waals surface area contributed by atoms with E-state index in [0.717, 1.165) is 6.42 Å². The fraction of sp³-hybridized carbons (Fsp3) is 0.389. The summed E-state index contributed by atoms with van der Waals surface area (Å²) in [6.45, 7) is 5.33. The Morgan fingerprint density at radius 3 is 2.60 bits per heavy atom. The number of benzene rings is 1. The molecule has 0 atom stereocenters. The van der Waals surface area contributed by atoms with Crippen LogP contribution in [-0.2, 0) is 0 Å². The Hall–Kier alpha value is -2.70. The summed E-state index contributed by atoms with van der Waals surface area (Å²) in [6, 6.07) is 8.41. The predicted octanol–water partition coefficient (Wildman–Crippen LogP) is 2.08. The van der Waals surface area contributed by atoms with Gasteiger partial charge in [-0.05, 0) is 24.6 Å². The molecule has 1 aromatic carbocycles. The number of nitrogens with one attached hydrogen (secondary N) is 1. The van der Waals surface area contributed by atoms with Gasteiger partial charge in [0.1, 0.15) is 11.5 Å². The van der Waals surface area contributed by atoms with Crippen molar-refractivity contribution in [3.63, 3.8) is 0 Å². The Bertz CT molecular complexity index is 731. The standard InChI is InChI=1S/C18H22FN5O/c1-2-8-20-17(25)15-7-9-21-18(22-15)24-12-10-23(11-13-24)16-6-4-3-5-14(16)19/h3-7,9H,2,8,10-13H2,1H3,(H,20,25). The molecule has 0 aliphatic carbocycles. The zero-order valence-electron chi connectivity index (χ0n) is 14.3. The average Bonchev–Trinajstić information content (AvgIpc) is 2.67. The fourth-order valence-electron chi connectivity index (χ4n) is 2.81. The molecule has 132 valence electrons. The highest BCUT2D eigenvalue weighted by molar-refractivity contribution is 5.92. The summed E-state index contributed by atoms with van der Waals surface area (Å²) in [5.74, 6) is 0.148. The van der Waals surface area contributed by atoms with Crippen molar-refractivity contribution < 1.29 is 9.18 Å². The lowest BCUT2D eigenvalue weighted by atomic mass is 10.2. The van der Waals surface area contributed by atoms with Gasteiger partial charge in [0.2, 0.25) is 5.95 Å². The minimum atomic E-state index is -0.207. The first kappa shape index (κ1) is 17.1. The number of nitrogens with zero attached hydrogens (tertiary/aromatic N) is 4. The van der Waals surface area contributed by atoms with Crippen LogP contribution >= 0.6 is 0 Å². The van der Waals surface area contributed by atoms with Gasteiger partial charge in [-0.2, -0.15) is 0 Å². The molecular formula is C18H22FN5O. The lowest BCUT2D eigenvalue weighted by Crippen LogP contribution is -2.47. The molecule has 1 aliphatic heterocycles. The van der Waals surface area contributed by atoms with Gasteiger partial charge in [0.05, 0.1) is 5.69 Å². The molecule has 3 rings (SSSR count). The Labute approximate surface area is 146 Å². The van der Waals surface area contributed by atoms with E-state index in [1.165, 1.54) is 6.07 Å². The van der Waals surface area contributed by atoms with Crippen LogP contribution in [0.5, 0.6) is 0 Å². The monoisotopic (exact) mass is 343 g/mol. The number of anilines is 2. The van der Waals surface area contributed by atoms with Gasteiger partial charge in [-0.15, -0.1) is 0 Å². The van der Waals surface area contributed by atoms with Crippen LogP contribution in [0.2, 0.25) is 0 Å². The molecule has 0 unspecified atom stereocenters. The van der Waals surface area contributed by atoms with Crippen molar-refractivity contribution in [2.45, 2.75) is 13.3 Å². The first-order chi connectivity index (χ1) is 12.2. The SMILES string of the molecule is CCCNC(=O)c1ccnc(N2CCN(c3ccccc3F)CC2)n1. The van der Waals surface area contributed by atoms with Crippen molar-refractivity contribution in [1.29, 1.82) is 0 Å². The van der Waals surface area contributed by atoms with E-state index in [0.29, 0.717) is 50.1 Å². The number of aromatic nitrogens is 2. The van der Waals surface area contributed by atoms with E-state index in [9.17, 15) is 9.18 Å². The van der Waals surface area contributed by atoms with Crippen molar-refractivity contribution >= 4 is 17.5 Å². The molecule has 1 saturated heterocycles. The van der Waals surface area contributed by atoms with Crippen LogP contribution in [-0.4, -0.2) is 48.6 Å². The number of carbonyl (C=O) groups is 1. The molecule has 0 radical (unpaired) electrons. The van der Waals surface area contributed by atoms with E-state index >= 15 is 0 Å². The van der Waals surface area contributed by atoms with Gasteiger partial charge in [0.15, 0.2) is 0 Å². The van der Waals surface area contributed by atoms with Gasteiger partial charge in [0.25, 0.3) is 5.91 Å². The number of carbonyl (C=O) groups excluding carboxylic acids is 1. The van der Waals surface area contributed by atoms with Crippen molar-refractivity contribution in [3.8, 4) is 0 Å². The van der Waals surface area contributed by atoms with Crippen LogP contribution in [0, 0.1) is 5.82 Å². The van der Waals surface area contributed by atoms with Crippen LogP contribution in [0.4, 0.5) is 16.0 Å². The van der Waals surface area contributed by atoms with E-state index in [1.807, 2.05) is 22.8 Å². The van der Waals surface area contributed by atoms with E-state index in [-0.39, 0.29) is 11.7 Å². The average molecular weight is 343 g/mol. The summed E-state index contributed by atoms with van der Waals surface area (Å²) in [7, 11) is 0. The Morgan fingerprint density at radius 2 is 1.88 bits per heavy atom. The van der Waals surface area contributed by atoms with Crippen LogP contribution in [0.3, 0.4) is 0 Å². The molecule has 25 heavy (non-hydrogen) atoms. The van der Waals surface area contributed by atoms with Crippen LogP contribution in [0.15, 0.2) is 36.5 Å². The summed E-state index contributed by atoms with van der Waals surface area (Å²) in [4.78, 5) is 24.7. The van der Waals surface area contributed by atoms with E-state index in [2.05, 4.69) is 15.3 Å². The second-order valence-electron chi connectivity index (χ2n) is 5.92. The predicted molar refractivity (Wildman–Crippen MR) is 95.5 cm³/mol. The number of hydrogen-bond donors (Lipinski definition) is 1. The van der Waals surface area contributed by atoms with Crippen molar-refractivity contribution in [2.75, 3.05) is 42.5 Å². The number of amides is 1. The van der Waals surface area contributed by atoms with Crippen molar-refractivity contribution in [3.05, 3.63) is 48.0 Å². The molecule has 0 bridgehead atoms. The van der Waals surface area contributed by atoms with Gasteiger partial charge in [-0.25, -0.2) is 14.4 Å². The van der Waals surface area contributed by atoms with Crippen LogP contribution < -0.4 is 15.1 Å². The topological polar surface area (TPSA) is 61.4 Å². The minimum absolute atomic E-state index is 0.185. The summed E-state index contributed by atoms with van der Waals surface area (Å²) in [5, 5.41) is 2.82. The molecule has 2 heterocycles. The van der Waals surface area contributed by atoms with Crippen LogP contribution in [0.1, 0.15) is 23.8 Å². The molecule has 2 aromatic rings. The minimum Gasteiger partial charge on any atom is -0.366 e. The highest BCUT2D eigenvalue weighted by atomic mass is 19.1. The van der Waals surface area contributed by atoms with Gasteiger partial charge in [-0.1, -0.05) is 19.1 Å². The summed E-state index contributed by atoms with van der Waals surface area (Å²) in [5.41, 5.74) is 0.991. The summed E-state index contributed by atoms with van der Waals surface area (Å²) in [6.07, 6.45) is 2.48. The number of piperazine rings is 1. The summed E-state index contributed by atoms with van der Waals surface area (Å²) >= 11 is 0. The highest BCUT2D eigenvalue weighted by Crippen LogP contribution is 2.21. The maximum atomic E-state index is 13.9. The first-order valence-electron chi connectivity index (χ1n) is 8.54. The van der Waals surface area contributed by atoms with E-state index in [4.69, 9.17) is 0 Å². The highest BCUT2D eigenvalue weighted by Gasteiger charge is 2.21. The zero-order valence-corrected chi connectivity index (χ0v) is 14.3. The molecule has 1 aliphatic rings. The Balaban J connectivity index is 1.65. The van der Waals surface area contributed by atoms with E-state index in [1.54, 1.807) is 24.4 Å². The smallest absolute Gasteiger partial charge is 0.270 e. The molecule has 0 spiro atoms. The molecule has 0 saturated carbocycles. The number of halogens is 1. The Kier molecular flexibility index (Phi) is 5.42. The number of rotatable bonds is 5. The quantitative estimate of drug-likeness (QED) is 0.901. The van der Waals surface area contributed by atoms with Crippen LogP contribution in [0.25, 0.3) is 0 Å². The summed E-state index contributed by atoms with van der Waals surface area (Å²) < 4.78 is 13.9. The van der Waals surface area contributed by atoms with Gasteiger partial charge in [0, 0.05) is 38.9 Å². The number of hydrogen-bond acceptors (Lipinski definition) is 5. The molecular weight excluding hydrogens is 321 g/mol. The maximum Gasteiger partial charge on any atom is 0.270 e. The second-order valence-corrected chi connectivity index (χ2v) is 5.92. The molecule has 1 N–H and O–H groups in total. The van der Waals surface area contributed by atoms with Crippen molar-refractivity contribution in [2.24, 2.45) is 0 Å². The number of para-hydroxylation sites is 1. The lowest BCUT2D eigenvalue weighted by molar-refractivity contribution is 0.0948. The molecule has 1 amide bonds. The Morgan fingerprint density at radius 1 is 1.16 bits per heavy atom. The van der Waals surface area contributed by atoms with Gasteiger partial charge >= 0.3 is 0 Å². The van der Waals surface area contributed by atoms with Gasteiger partial charge < -0.3 is 15.1 Å². The fourth-order valence-corrected chi connectivity index (χ4v) is 2.81. The third-order valence-electron chi connectivity index (χ3n) is 4.17. The first-order valence-corrected chi connectivity index (χ1v) is 8.54. The van der Waals surface area contributed by atoms with Gasteiger partial charge in [-0.3, -0.25) is 4.79 Å².